The van der Waals surface area contributed by atoms with Crippen molar-refractivity contribution in [1.82, 2.24) is 9.80 Å². The first kappa shape index (κ1) is 20.1. The molecule has 1 fully saturated rings. The van der Waals surface area contributed by atoms with Crippen molar-refractivity contribution < 1.29 is 4.39 Å². The number of hydrogen-bond donors (Lipinski definition) is 0. The maximum absolute atomic E-state index is 14.6. The largest absolute Gasteiger partial charge is 0.354 e. The van der Waals surface area contributed by atoms with Crippen LogP contribution in [-0.4, -0.2) is 48.4 Å². The van der Waals surface area contributed by atoms with Crippen LogP contribution in [0.2, 0.25) is 0 Å². The standard InChI is InChI=1S/C25H32FN3/c1-4-5-12-28-13-15-29(16-14-28)24-22-9-7-6-8-19(22)17-20-10-11-21(25(2,3)26)18-23(20)27-24/h6-11,18H,4-5,12-17H2,1-3H3. The topological polar surface area (TPSA) is 18.8 Å². The highest BCUT2D eigenvalue weighted by Crippen LogP contribution is 2.34. The highest BCUT2D eigenvalue weighted by atomic mass is 19.1. The zero-order chi connectivity index (χ0) is 20.4. The van der Waals surface area contributed by atoms with Gasteiger partial charge in [-0.1, -0.05) is 49.7 Å². The van der Waals surface area contributed by atoms with Gasteiger partial charge in [-0.25, -0.2) is 9.38 Å². The number of fused-ring (bicyclic) bond motifs is 2. The number of rotatable bonds is 4. The molecule has 2 aliphatic heterocycles. The predicted octanol–water partition coefficient (Wildman–Crippen LogP) is 5.29. The molecule has 0 aromatic heterocycles. The summed E-state index contributed by atoms with van der Waals surface area (Å²) in [4.78, 5) is 10.1. The first-order chi connectivity index (χ1) is 14.0. The van der Waals surface area contributed by atoms with Gasteiger partial charge in [-0.3, -0.25) is 4.90 Å². The van der Waals surface area contributed by atoms with Gasteiger partial charge in [0, 0.05) is 38.2 Å². The van der Waals surface area contributed by atoms with Crippen LogP contribution in [0.15, 0.2) is 47.5 Å². The quantitative estimate of drug-likeness (QED) is 0.703. The van der Waals surface area contributed by atoms with E-state index in [4.69, 9.17) is 4.99 Å². The zero-order valence-electron chi connectivity index (χ0n) is 17.9. The summed E-state index contributed by atoms with van der Waals surface area (Å²) in [6.07, 6.45) is 3.34. The fourth-order valence-corrected chi connectivity index (χ4v) is 4.27. The molecule has 29 heavy (non-hydrogen) atoms. The highest BCUT2D eigenvalue weighted by Gasteiger charge is 2.26. The lowest BCUT2D eigenvalue weighted by molar-refractivity contribution is 0.180. The summed E-state index contributed by atoms with van der Waals surface area (Å²) in [6, 6.07) is 14.5. The lowest BCUT2D eigenvalue weighted by atomic mass is 9.95. The van der Waals surface area contributed by atoms with Crippen molar-refractivity contribution in [2.45, 2.75) is 45.7 Å². The van der Waals surface area contributed by atoms with Crippen molar-refractivity contribution in [3.05, 3.63) is 64.7 Å². The van der Waals surface area contributed by atoms with E-state index in [2.05, 4.69) is 47.1 Å². The molecule has 2 aromatic carbocycles. The van der Waals surface area contributed by atoms with Crippen LogP contribution in [0, 0.1) is 0 Å². The third kappa shape index (κ3) is 4.37. The third-order valence-corrected chi connectivity index (χ3v) is 6.14. The Labute approximate surface area is 174 Å². The monoisotopic (exact) mass is 393 g/mol. The zero-order valence-corrected chi connectivity index (χ0v) is 17.9. The van der Waals surface area contributed by atoms with Gasteiger partial charge >= 0.3 is 0 Å². The number of piperazine rings is 1. The first-order valence-electron chi connectivity index (χ1n) is 10.9. The molecule has 0 aliphatic carbocycles. The van der Waals surface area contributed by atoms with Gasteiger partial charge in [0.1, 0.15) is 11.5 Å². The molecule has 0 radical (unpaired) electrons. The van der Waals surface area contributed by atoms with Crippen molar-refractivity contribution in [2.75, 3.05) is 32.7 Å². The molecule has 0 bridgehead atoms. The van der Waals surface area contributed by atoms with E-state index in [1.807, 2.05) is 12.1 Å². The first-order valence-corrected chi connectivity index (χ1v) is 10.9. The lowest BCUT2D eigenvalue weighted by Gasteiger charge is -2.36. The fourth-order valence-electron chi connectivity index (χ4n) is 4.27. The Morgan fingerprint density at radius 3 is 2.48 bits per heavy atom. The number of unbranched alkanes of at least 4 members (excludes halogenated alkanes) is 1. The maximum atomic E-state index is 14.6. The van der Waals surface area contributed by atoms with E-state index in [1.54, 1.807) is 13.8 Å². The number of nitrogens with zero attached hydrogens (tertiary/aromatic N) is 3. The molecule has 0 saturated carbocycles. The van der Waals surface area contributed by atoms with Gasteiger partial charge in [-0.2, -0.15) is 0 Å². The van der Waals surface area contributed by atoms with Crippen molar-refractivity contribution in [1.29, 1.82) is 0 Å². The molecule has 2 aromatic rings. The Morgan fingerprint density at radius 2 is 1.76 bits per heavy atom. The summed E-state index contributed by atoms with van der Waals surface area (Å²) in [5.74, 6) is 1.04. The molecule has 0 unspecified atom stereocenters. The maximum Gasteiger partial charge on any atom is 0.136 e. The smallest absolute Gasteiger partial charge is 0.136 e. The van der Waals surface area contributed by atoms with Crippen LogP contribution in [0.25, 0.3) is 0 Å². The van der Waals surface area contributed by atoms with E-state index in [0.717, 1.165) is 44.1 Å². The Morgan fingerprint density at radius 1 is 1.00 bits per heavy atom. The molecule has 154 valence electrons. The van der Waals surface area contributed by atoms with E-state index in [-0.39, 0.29) is 0 Å². The molecule has 0 atom stereocenters. The predicted molar refractivity (Wildman–Crippen MR) is 119 cm³/mol. The van der Waals surface area contributed by atoms with Crippen LogP contribution < -0.4 is 0 Å². The molecule has 3 nitrogen and oxygen atoms in total. The Bertz CT molecular complexity index is 889. The number of aliphatic imine (C=N–C) groups is 1. The number of halogens is 1. The Balaban J connectivity index is 1.69. The lowest BCUT2D eigenvalue weighted by Crippen LogP contribution is -2.49. The molecule has 0 N–H and O–H groups in total. The van der Waals surface area contributed by atoms with Crippen LogP contribution in [0.1, 0.15) is 55.9 Å². The fraction of sp³-hybridized carbons (Fsp3) is 0.480. The van der Waals surface area contributed by atoms with Gasteiger partial charge in [0.05, 0.1) is 5.69 Å². The molecule has 2 heterocycles. The number of alkyl halides is 1. The molecule has 0 amide bonds. The number of hydrogen-bond acceptors (Lipinski definition) is 3. The SMILES string of the molecule is CCCCN1CCN(C2=Nc3cc(C(C)(C)F)ccc3Cc3ccccc32)CC1. The molecule has 4 heteroatoms. The molecule has 4 rings (SSSR count). The second-order valence-electron chi connectivity index (χ2n) is 8.77. The summed E-state index contributed by atoms with van der Waals surface area (Å²) in [7, 11) is 0. The van der Waals surface area contributed by atoms with Crippen molar-refractivity contribution in [3.8, 4) is 0 Å². The normalized spacial score (nSPS) is 17.4. The van der Waals surface area contributed by atoms with Crippen LogP contribution in [-0.2, 0) is 12.1 Å². The van der Waals surface area contributed by atoms with Crippen LogP contribution >= 0.6 is 0 Å². The van der Waals surface area contributed by atoms with Crippen molar-refractivity contribution in [3.63, 3.8) is 0 Å². The van der Waals surface area contributed by atoms with Crippen LogP contribution in [0.3, 0.4) is 0 Å². The summed E-state index contributed by atoms with van der Waals surface area (Å²) >= 11 is 0. The van der Waals surface area contributed by atoms with Crippen LogP contribution in [0.5, 0.6) is 0 Å². The Hall–Kier alpha value is -2.20. The van der Waals surface area contributed by atoms with Crippen LogP contribution in [0.4, 0.5) is 10.1 Å². The molecule has 2 aliphatic rings. The molecular formula is C25H32FN3. The van der Waals surface area contributed by atoms with E-state index < -0.39 is 5.67 Å². The minimum absolute atomic E-state index is 0.690. The molecular weight excluding hydrogens is 361 g/mol. The average molecular weight is 394 g/mol. The van der Waals surface area contributed by atoms with E-state index in [0.29, 0.717) is 5.56 Å². The summed E-state index contributed by atoms with van der Waals surface area (Å²) in [5.41, 5.74) is 3.91. The number of amidine groups is 1. The van der Waals surface area contributed by atoms with Gasteiger partial charge in [-0.05, 0) is 49.6 Å². The third-order valence-electron chi connectivity index (χ3n) is 6.14. The van der Waals surface area contributed by atoms with Gasteiger partial charge in [0.2, 0.25) is 0 Å². The summed E-state index contributed by atoms with van der Waals surface area (Å²) in [6.45, 7) is 10.8. The molecule has 0 spiro atoms. The van der Waals surface area contributed by atoms with E-state index in [1.165, 1.54) is 36.1 Å². The van der Waals surface area contributed by atoms with E-state index >= 15 is 0 Å². The average Bonchev–Trinajstić information content (AvgIpc) is 2.88. The second kappa shape index (κ2) is 8.27. The summed E-state index contributed by atoms with van der Waals surface area (Å²) < 4.78 is 14.6. The second-order valence-corrected chi connectivity index (χ2v) is 8.77. The van der Waals surface area contributed by atoms with Crippen molar-refractivity contribution in [2.24, 2.45) is 4.99 Å². The van der Waals surface area contributed by atoms with Gasteiger partial charge in [0.15, 0.2) is 0 Å². The minimum Gasteiger partial charge on any atom is -0.354 e. The highest BCUT2D eigenvalue weighted by molar-refractivity contribution is 6.02. The van der Waals surface area contributed by atoms with Gasteiger partial charge in [-0.15, -0.1) is 0 Å². The van der Waals surface area contributed by atoms with Gasteiger partial charge in [0.25, 0.3) is 0 Å². The minimum atomic E-state index is -1.37. The van der Waals surface area contributed by atoms with Crippen molar-refractivity contribution >= 4 is 11.5 Å². The van der Waals surface area contributed by atoms with E-state index in [9.17, 15) is 4.39 Å². The number of benzene rings is 2. The van der Waals surface area contributed by atoms with Gasteiger partial charge < -0.3 is 4.90 Å². The summed E-state index contributed by atoms with van der Waals surface area (Å²) in [5, 5.41) is 0. The molecule has 1 saturated heterocycles. The Kier molecular flexibility index (Phi) is 5.73.